The normalized spacial score (nSPS) is 25.9. The van der Waals surface area contributed by atoms with E-state index in [1.165, 1.54) is 17.2 Å². The Labute approximate surface area is 111 Å². The molecule has 2 aliphatic rings. The molecule has 0 saturated carbocycles. The Hall–Kier alpha value is -2.12. The summed E-state index contributed by atoms with van der Waals surface area (Å²) in [5, 5.41) is 2.19. The molecule has 1 aromatic heterocycles. The summed E-state index contributed by atoms with van der Waals surface area (Å²) in [5.74, 6) is -2.26. The molecule has 0 radical (unpaired) electrons. The van der Waals surface area contributed by atoms with Crippen LogP contribution in [0.5, 0.6) is 0 Å². The van der Waals surface area contributed by atoms with Crippen LogP contribution in [0.25, 0.3) is 0 Å². The maximum absolute atomic E-state index is 12.9. The zero-order valence-electron chi connectivity index (χ0n) is 10.1. The van der Waals surface area contributed by atoms with E-state index in [9.17, 15) is 22.8 Å². The van der Waals surface area contributed by atoms with Crippen molar-refractivity contribution in [1.82, 2.24) is 10.3 Å². The predicted molar refractivity (Wildman–Crippen MR) is 61.6 cm³/mol. The zero-order valence-corrected chi connectivity index (χ0v) is 10.1. The van der Waals surface area contributed by atoms with Crippen molar-refractivity contribution < 1.29 is 22.8 Å². The van der Waals surface area contributed by atoms with Crippen molar-refractivity contribution in [2.45, 2.75) is 6.18 Å². The van der Waals surface area contributed by atoms with E-state index in [4.69, 9.17) is 0 Å². The smallest absolute Gasteiger partial charge is 0.354 e. The first-order chi connectivity index (χ1) is 9.38. The Morgan fingerprint density at radius 3 is 2.35 bits per heavy atom. The molecule has 0 aromatic carbocycles. The lowest BCUT2D eigenvalue weighted by atomic mass is 10.00. The third-order valence-electron chi connectivity index (χ3n) is 3.63. The van der Waals surface area contributed by atoms with Gasteiger partial charge in [-0.1, -0.05) is 0 Å². The molecule has 0 aliphatic carbocycles. The van der Waals surface area contributed by atoms with Gasteiger partial charge in [0.1, 0.15) is 5.82 Å². The highest BCUT2D eigenvalue weighted by Crippen LogP contribution is 2.38. The van der Waals surface area contributed by atoms with Gasteiger partial charge in [-0.3, -0.25) is 14.9 Å². The van der Waals surface area contributed by atoms with Gasteiger partial charge in [0.2, 0.25) is 11.8 Å². The van der Waals surface area contributed by atoms with E-state index in [0.29, 0.717) is 0 Å². The fraction of sp³-hybridized carbons (Fsp3) is 0.417. The summed E-state index contributed by atoms with van der Waals surface area (Å²) in [6, 6.07) is 2.15. The highest BCUT2D eigenvalue weighted by Gasteiger charge is 2.49. The lowest BCUT2D eigenvalue weighted by Crippen LogP contribution is -2.32. The number of fused-ring (bicyclic) bond motifs is 1. The summed E-state index contributed by atoms with van der Waals surface area (Å²) in [5.41, 5.74) is -0.854. The first-order valence-corrected chi connectivity index (χ1v) is 6.00. The summed E-state index contributed by atoms with van der Waals surface area (Å²) >= 11 is 0. The lowest BCUT2D eigenvalue weighted by Gasteiger charge is -2.22. The van der Waals surface area contributed by atoms with Gasteiger partial charge in [0, 0.05) is 19.3 Å². The lowest BCUT2D eigenvalue weighted by molar-refractivity contribution is -0.137. The third-order valence-corrected chi connectivity index (χ3v) is 3.63. The Balaban J connectivity index is 1.93. The molecule has 2 atom stereocenters. The van der Waals surface area contributed by atoms with Crippen LogP contribution in [0.4, 0.5) is 19.0 Å². The van der Waals surface area contributed by atoms with E-state index in [1.54, 1.807) is 0 Å². The van der Waals surface area contributed by atoms with Gasteiger partial charge < -0.3 is 4.90 Å². The molecule has 3 heterocycles. The van der Waals surface area contributed by atoms with Gasteiger partial charge in [-0.25, -0.2) is 4.98 Å². The standard InChI is InChI=1S/C12H10F3N3O2/c13-12(14,15)8-2-1-3-16-9(8)18-4-6-7(5-18)11(20)17-10(6)19/h1-3,6-7H,4-5H2,(H,17,19,20)/t6-,7+. The molecule has 2 fully saturated rings. The second-order valence-electron chi connectivity index (χ2n) is 4.84. The molecule has 1 aromatic rings. The van der Waals surface area contributed by atoms with Gasteiger partial charge in [0.25, 0.3) is 0 Å². The second kappa shape index (κ2) is 4.19. The van der Waals surface area contributed by atoms with E-state index in [2.05, 4.69) is 10.3 Å². The molecule has 5 nitrogen and oxygen atoms in total. The van der Waals surface area contributed by atoms with Gasteiger partial charge in [-0.05, 0) is 12.1 Å². The number of nitrogens with zero attached hydrogens (tertiary/aromatic N) is 2. The minimum absolute atomic E-state index is 0.0718. The molecule has 3 rings (SSSR count). The quantitative estimate of drug-likeness (QED) is 0.776. The first-order valence-electron chi connectivity index (χ1n) is 6.00. The maximum atomic E-state index is 12.9. The number of aromatic nitrogens is 1. The van der Waals surface area contributed by atoms with Crippen molar-refractivity contribution in [3.05, 3.63) is 23.9 Å². The summed E-state index contributed by atoms with van der Waals surface area (Å²) in [7, 11) is 0. The number of carbonyl (C=O) groups is 2. The molecule has 8 heteroatoms. The number of halogens is 3. The van der Waals surface area contributed by atoms with Crippen LogP contribution in [0.3, 0.4) is 0 Å². The number of rotatable bonds is 1. The number of pyridine rings is 1. The van der Waals surface area contributed by atoms with Gasteiger partial charge in [0.15, 0.2) is 0 Å². The third kappa shape index (κ3) is 1.91. The number of imide groups is 1. The van der Waals surface area contributed by atoms with Crippen LogP contribution in [0.1, 0.15) is 5.56 Å². The second-order valence-corrected chi connectivity index (χ2v) is 4.84. The van der Waals surface area contributed by atoms with E-state index >= 15 is 0 Å². The van der Waals surface area contributed by atoms with E-state index < -0.39 is 35.4 Å². The largest absolute Gasteiger partial charge is 0.419 e. The molecule has 0 unspecified atom stereocenters. The van der Waals surface area contributed by atoms with Crippen molar-refractivity contribution in [3.8, 4) is 0 Å². The number of nitrogens with one attached hydrogen (secondary N) is 1. The van der Waals surface area contributed by atoms with Crippen molar-refractivity contribution in [1.29, 1.82) is 0 Å². The number of alkyl halides is 3. The molecule has 106 valence electrons. The van der Waals surface area contributed by atoms with Crippen LogP contribution in [-0.2, 0) is 15.8 Å². The van der Waals surface area contributed by atoms with Crippen molar-refractivity contribution in [3.63, 3.8) is 0 Å². The van der Waals surface area contributed by atoms with E-state index in [-0.39, 0.29) is 18.9 Å². The fourth-order valence-corrected chi connectivity index (χ4v) is 2.69. The average molecular weight is 285 g/mol. The summed E-state index contributed by atoms with van der Waals surface area (Å²) in [6.45, 7) is 0.144. The minimum Gasteiger partial charge on any atom is -0.354 e. The molecule has 2 aliphatic heterocycles. The zero-order chi connectivity index (χ0) is 14.5. The SMILES string of the molecule is O=C1NC(=O)[C@@H]2CN(c3ncccc3C(F)(F)F)C[C@H]12. The fourth-order valence-electron chi connectivity index (χ4n) is 2.69. The van der Waals surface area contributed by atoms with Crippen molar-refractivity contribution >= 4 is 17.6 Å². The van der Waals surface area contributed by atoms with Gasteiger partial charge in [0.05, 0.1) is 17.4 Å². The number of hydrogen-bond donors (Lipinski definition) is 1. The molecule has 20 heavy (non-hydrogen) atoms. The molecule has 0 bridgehead atoms. The Bertz CT molecular complexity index is 566. The summed E-state index contributed by atoms with van der Waals surface area (Å²) in [6.07, 6.45) is -3.26. The van der Waals surface area contributed by atoms with Crippen LogP contribution in [0.15, 0.2) is 18.3 Å². The average Bonchev–Trinajstić information content (AvgIpc) is 2.91. The van der Waals surface area contributed by atoms with Crippen molar-refractivity contribution in [2.24, 2.45) is 11.8 Å². The Morgan fingerprint density at radius 2 is 1.80 bits per heavy atom. The number of hydrogen-bond acceptors (Lipinski definition) is 4. The number of amides is 2. The van der Waals surface area contributed by atoms with Gasteiger partial charge in [-0.2, -0.15) is 13.2 Å². The van der Waals surface area contributed by atoms with Crippen LogP contribution in [0.2, 0.25) is 0 Å². The van der Waals surface area contributed by atoms with Crippen molar-refractivity contribution in [2.75, 3.05) is 18.0 Å². The Morgan fingerprint density at radius 1 is 1.20 bits per heavy atom. The van der Waals surface area contributed by atoms with E-state index in [0.717, 1.165) is 6.07 Å². The highest BCUT2D eigenvalue weighted by atomic mass is 19.4. The molecule has 0 spiro atoms. The molecular formula is C12H10F3N3O2. The van der Waals surface area contributed by atoms with Crippen LogP contribution in [-0.4, -0.2) is 29.9 Å². The van der Waals surface area contributed by atoms with Gasteiger partial charge in [-0.15, -0.1) is 0 Å². The molecule has 1 N–H and O–H groups in total. The van der Waals surface area contributed by atoms with Crippen LogP contribution < -0.4 is 10.2 Å². The highest BCUT2D eigenvalue weighted by molar-refractivity contribution is 6.06. The Kier molecular flexibility index (Phi) is 2.70. The first kappa shape index (κ1) is 12.9. The van der Waals surface area contributed by atoms with Crippen LogP contribution in [0, 0.1) is 11.8 Å². The molecular weight excluding hydrogens is 275 g/mol. The monoisotopic (exact) mass is 285 g/mol. The predicted octanol–water partition coefficient (Wildman–Crippen LogP) is 0.809. The minimum atomic E-state index is -4.52. The summed E-state index contributed by atoms with van der Waals surface area (Å²) in [4.78, 5) is 28.2. The summed E-state index contributed by atoms with van der Waals surface area (Å²) < 4.78 is 38.8. The molecule has 2 amide bonds. The number of carbonyl (C=O) groups excluding carboxylic acids is 2. The van der Waals surface area contributed by atoms with Gasteiger partial charge >= 0.3 is 6.18 Å². The topological polar surface area (TPSA) is 62.3 Å². The number of anilines is 1. The van der Waals surface area contributed by atoms with Crippen LogP contribution >= 0.6 is 0 Å². The van der Waals surface area contributed by atoms with E-state index in [1.807, 2.05) is 0 Å². The molecule has 2 saturated heterocycles. The maximum Gasteiger partial charge on any atom is 0.419 e.